The number of ether oxygens (including phenoxy) is 1. The molecule has 7 heteroatoms. The molecule has 0 bridgehead atoms. The summed E-state index contributed by atoms with van der Waals surface area (Å²) < 4.78 is 6.94. The van der Waals surface area contributed by atoms with Gasteiger partial charge in [0.2, 0.25) is 0 Å². The third kappa shape index (κ3) is 4.07. The molecule has 3 aromatic rings. The Morgan fingerprint density at radius 3 is 2.73 bits per heavy atom. The van der Waals surface area contributed by atoms with Crippen LogP contribution in [-0.4, -0.2) is 23.3 Å². The van der Waals surface area contributed by atoms with Gasteiger partial charge in [-0.1, -0.05) is 53.2 Å². The highest BCUT2D eigenvalue weighted by Crippen LogP contribution is 2.29. The van der Waals surface area contributed by atoms with Gasteiger partial charge in [-0.3, -0.25) is 9.36 Å². The number of aromatic nitrogens is 2. The van der Waals surface area contributed by atoms with Crippen molar-refractivity contribution in [2.75, 3.05) is 13.7 Å². The summed E-state index contributed by atoms with van der Waals surface area (Å²) in [6.07, 6.45) is 0. The topological polar surface area (TPSA) is 44.1 Å². The van der Waals surface area contributed by atoms with Crippen LogP contribution in [0, 0.1) is 0 Å². The maximum Gasteiger partial charge on any atom is 0.262 e. The number of hydrogen-bond acceptors (Lipinski definition) is 4. The van der Waals surface area contributed by atoms with E-state index in [1.165, 1.54) is 11.8 Å². The lowest BCUT2D eigenvalue weighted by atomic mass is 10.2. The van der Waals surface area contributed by atoms with Crippen molar-refractivity contribution in [2.45, 2.75) is 23.9 Å². The number of hydrogen-bond donors (Lipinski definition) is 0. The second-order valence-corrected chi connectivity index (χ2v) is 7.70. The van der Waals surface area contributed by atoms with Crippen molar-refractivity contribution in [3.63, 3.8) is 0 Å². The van der Waals surface area contributed by atoms with Gasteiger partial charge in [-0.15, -0.1) is 0 Å². The van der Waals surface area contributed by atoms with Crippen LogP contribution in [0.25, 0.3) is 10.9 Å². The number of benzene rings is 2. The second-order valence-electron chi connectivity index (χ2n) is 5.92. The highest BCUT2D eigenvalue weighted by Gasteiger charge is 2.17. The summed E-state index contributed by atoms with van der Waals surface area (Å²) in [6, 6.07) is 12.6. The molecule has 0 saturated carbocycles. The minimum absolute atomic E-state index is 0.0650. The standard InChI is InChI=1S/C19H18Cl2N2O2S/c1-12(10-25-2)23-18(24)15-5-3-4-6-17(15)22-19(23)26-11-13-7-8-14(20)9-16(13)21/h3-9,12H,10-11H2,1-2H3. The van der Waals surface area contributed by atoms with E-state index in [1.54, 1.807) is 29.9 Å². The molecule has 4 nitrogen and oxygen atoms in total. The van der Waals surface area contributed by atoms with Crippen LogP contribution in [0.3, 0.4) is 0 Å². The predicted octanol–water partition coefficient (Wildman–Crippen LogP) is 5.20. The van der Waals surface area contributed by atoms with Gasteiger partial charge in [-0.05, 0) is 36.8 Å². The van der Waals surface area contributed by atoms with Crippen molar-refractivity contribution in [3.8, 4) is 0 Å². The van der Waals surface area contributed by atoms with E-state index in [9.17, 15) is 4.79 Å². The summed E-state index contributed by atoms with van der Waals surface area (Å²) in [5.41, 5.74) is 1.56. The molecule has 0 amide bonds. The Labute approximate surface area is 166 Å². The average molecular weight is 409 g/mol. The van der Waals surface area contributed by atoms with Gasteiger partial charge >= 0.3 is 0 Å². The lowest BCUT2D eigenvalue weighted by molar-refractivity contribution is 0.156. The average Bonchev–Trinajstić information content (AvgIpc) is 2.61. The molecular formula is C19H18Cl2N2O2S. The molecule has 1 unspecified atom stereocenters. The molecule has 0 spiro atoms. The maximum absolute atomic E-state index is 13.0. The van der Waals surface area contributed by atoms with Crippen molar-refractivity contribution in [3.05, 3.63) is 68.4 Å². The summed E-state index contributed by atoms with van der Waals surface area (Å²) in [6.45, 7) is 2.37. The van der Waals surface area contributed by atoms with Gasteiger partial charge < -0.3 is 4.74 Å². The van der Waals surface area contributed by atoms with Crippen molar-refractivity contribution in [1.29, 1.82) is 0 Å². The summed E-state index contributed by atoms with van der Waals surface area (Å²) in [4.78, 5) is 17.7. The SMILES string of the molecule is COCC(C)n1c(SCc2ccc(Cl)cc2Cl)nc2ccccc2c1=O. The fourth-order valence-electron chi connectivity index (χ4n) is 2.71. The van der Waals surface area contributed by atoms with Crippen LogP contribution < -0.4 is 5.56 Å². The third-order valence-electron chi connectivity index (χ3n) is 4.00. The molecule has 0 saturated heterocycles. The fourth-order valence-corrected chi connectivity index (χ4v) is 4.37. The van der Waals surface area contributed by atoms with Crippen LogP contribution in [0.1, 0.15) is 18.5 Å². The van der Waals surface area contributed by atoms with Crippen LogP contribution >= 0.6 is 35.0 Å². The molecule has 1 heterocycles. The number of methoxy groups -OCH3 is 1. The van der Waals surface area contributed by atoms with Gasteiger partial charge in [0.25, 0.3) is 5.56 Å². The van der Waals surface area contributed by atoms with E-state index in [0.717, 1.165) is 5.56 Å². The summed E-state index contributed by atoms with van der Waals surface area (Å²) in [5, 5.41) is 2.44. The van der Waals surface area contributed by atoms with Gasteiger partial charge in [0.15, 0.2) is 5.16 Å². The number of para-hydroxylation sites is 1. The number of halogens is 2. The van der Waals surface area contributed by atoms with Crippen molar-refractivity contribution >= 4 is 45.9 Å². The zero-order valence-electron chi connectivity index (χ0n) is 14.4. The minimum atomic E-state index is -0.132. The van der Waals surface area contributed by atoms with E-state index in [1.807, 2.05) is 31.2 Å². The zero-order chi connectivity index (χ0) is 18.7. The molecule has 0 radical (unpaired) electrons. The highest BCUT2D eigenvalue weighted by atomic mass is 35.5. The largest absolute Gasteiger partial charge is 0.383 e. The molecule has 0 aliphatic rings. The molecule has 26 heavy (non-hydrogen) atoms. The first-order valence-electron chi connectivity index (χ1n) is 8.08. The Bertz CT molecular complexity index is 991. The molecule has 3 rings (SSSR count). The quantitative estimate of drug-likeness (QED) is 0.415. The molecule has 1 aromatic heterocycles. The van der Waals surface area contributed by atoms with Crippen molar-refractivity contribution < 1.29 is 4.74 Å². The second kappa shape index (κ2) is 8.44. The van der Waals surface area contributed by atoms with Crippen LogP contribution in [-0.2, 0) is 10.5 Å². The monoisotopic (exact) mass is 408 g/mol. The van der Waals surface area contributed by atoms with Crippen LogP contribution in [0.2, 0.25) is 10.0 Å². The van der Waals surface area contributed by atoms with E-state index in [4.69, 9.17) is 32.9 Å². The lowest BCUT2D eigenvalue weighted by Crippen LogP contribution is -2.28. The van der Waals surface area contributed by atoms with Gasteiger partial charge in [0.1, 0.15) is 0 Å². The highest BCUT2D eigenvalue weighted by molar-refractivity contribution is 7.98. The van der Waals surface area contributed by atoms with Gasteiger partial charge in [0.05, 0.1) is 23.6 Å². The summed E-state index contributed by atoms with van der Waals surface area (Å²) in [5.74, 6) is 0.584. The molecule has 1 atom stereocenters. The summed E-state index contributed by atoms with van der Waals surface area (Å²) in [7, 11) is 1.62. The predicted molar refractivity (Wildman–Crippen MR) is 109 cm³/mol. The van der Waals surface area contributed by atoms with Gasteiger partial charge in [-0.25, -0.2) is 4.98 Å². The summed E-state index contributed by atoms with van der Waals surface area (Å²) >= 11 is 13.7. The maximum atomic E-state index is 13.0. The molecule has 0 aliphatic carbocycles. The fraction of sp³-hybridized carbons (Fsp3) is 0.263. The number of fused-ring (bicyclic) bond motifs is 1. The van der Waals surface area contributed by atoms with E-state index in [2.05, 4.69) is 0 Å². The molecule has 2 aromatic carbocycles. The molecular weight excluding hydrogens is 391 g/mol. The minimum Gasteiger partial charge on any atom is -0.383 e. The Kier molecular flexibility index (Phi) is 6.24. The molecule has 136 valence electrons. The first-order valence-corrected chi connectivity index (χ1v) is 9.82. The van der Waals surface area contributed by atoms with E-state index < -0.39 is 0 Å². The van der Waals surface area contributed by atoms with Crippen molar-refractivity contribution in [1.82, 2.24) is 9.55 Å². The van der Waals surface area contributed by atoms with E-state index in [-0.39, 0.29) is 11.6 Å². The number of rotatable bonds is 6. The molecule has 0 fully saturated rings. The van der Waals surface area contributed by atoms with Gasteiger partial charge in [0, 0.05) is 22.9 Å². The van der Waals surface area contributed by atoms with E-state index in [0.29, 0.717) is 38.5 Å². The van der Waals surface area contributed by atoms with E-state index >= 15 is 0 Å². The van der Waals surface area contributed by atoms with Crippen molar-refractivity contribution in [2.24, 2.45) is 0 Å². The smallest absolute Gasteiger partial charge is 0.262 e. The van der Waals surface area contributed by atoms with Gasteiger partial charge in [-0.2, -0.15) is 0 Å². The Hall–Kier alpha value is -1.53. The Morgan fingerprint density at radius 1 is 1.23 bits per heavy atom. The van der Waals surface area contributed by atoms with Crippen LogP contribution in [0.4, 0.5) is 0 Å². The number of thioether (sulfide) groups is 1. The number of nitrogens with zero attached hydrogens (tertiary/aromatic N) is 2. The molecule has 0 N–H and O–H groups in total. The zero-order valence-corrected chi connectivity index (χ0v) is 16.7. The molecule has 0 aliphatic heterocycles. The third-order valence-corrected chi connectivity index (χ3v) is 5.58. The first-order chi connectivity index (χ1) is 12.5. The first kappa shape index (κ1) is 19.2. The normalized spacial score (nSPS) is 12.5. The lowest BCUT2D eigenvalue weighted by Gasteiger charge is -2.19. The van der Waals surface area contributed by atoms with Crippen LogP contribution in [0.5, 0.6) is 0 Å². The Morgan fingerprint density at radius 2 is 2.00 bits per heavy atom. The Balaban J connectivity index is 2.02. The van der Waals surface area contributed by atoms with Crippen LogP contribution in [0.15, 0.2) is 52.4 Å².